The number of carbonyl (C=O) groups excluding carboxylic acids is 2. The highest BCUT2D eigenvalue weighted by molar-refractivity contribution is 7.92. The molecule has 0 aliphatic rings. The Labute approximate surface area is 226 Å². The number of hydrogen-bond acceptors (Lipinski definition) is 4. The Hall–Kier alpha value is -3.65. The molecule has 0 aromatic heterocycles. The molecule has 1 N–H and O–H groups in total. The van der Waals surface area contributed by atoms with Crippen molar-refractivity contribution < 1.29 is 18.0 Å². The summed E-state index contributed by atoms with van der Waals surface area (Å²) in [6.07, 6.45) is 2.15. The molecule has 202 valence electrons. The molecule has 7 nitrogen and oxygen atoms in total. The van der Waals surface area contributed by atoms with E-state index in [0.29, 0.717) is 18.7 Å². The van der Waals surface area contributed by atoms with E-state index in [2.05, 4.69) is 5.32 Å². The van der Waals surface area contributed by atoms with E-state index in [1.54, 1.807) is 6.07 Å². The van der Waals surface area contributed by atoms with Gasteiger partial charge >= 0.3 is 0 Å². The highest BCUT2D eigenvalue weighted by Crippen LogP contribution is 2.25. The molecule has 0 saturated heterocycles. The molecule has 0 radical (unpaired) electrons. The third-order valence-corrected chi connectivity index (χ3v) is 7.46. The first-order chi connectivity index (χ1) is 18.1. The van der Waals surface area contributed by atoms with Gasteiger partial charge < -0.3 is 10.2 Å². The maximum Gasteiger partial charge on any atom is 0.244 e. The smallest absolute Gasteiger partial charge is 0.244 e. The molecule has 0 saturated carbocycles. The lowest BCUT2D eigenvalue weighted by atomic mass is 10.0. The van der Waals surface area contributed by atoms with E-state index in [0.717, 1.165) is 39.2 Å². The minimum atomic E-state index is -3.79. The average Bonchev–Trinajstić information content (AvgIpc) is 2.89. The quantitative estimate of drug-likeness (QED) is 0.376. The molecule has 3 rings (SSSR count). The lowest BCUT2D eigenvalue weighted by Gasteiger charge is -2.34. The van der Waals surface area contributed by atoms with E-state index < -0.39 is 28.5 Å². The van der Waals surface area contributed by atoms with Crippen LogP contribution in [0.5, 0.6) is 0 Å². The van der Waals surface area contributed by atoms with Crippen LogP contribution in [0.2, 0.25) is 0 Å². The lowest BCUT2D eigenvalue weighted by Crippen LogP contribution is -2.53. The molecule has 1 atom stereocenters. The van der Waals surface area contributed by atoms with Crippen LogP contribution in [0.15, 0.2) is 78.9 Å². The van der Waals surface area contributed by atoms with Crippen molar-refractivity contribution in [1.29, 1.82) is 0 Å². The van der Waals surface area contributed by atoms with Crippen LogP contribution < -0.4 is 9.62 Å². The largest absolute Gasteiger partial charge is 0.354 e. The third-order valence-electron chi connectivity index (χ3n) is 6.33. The molecule has 0 heterocycles. The number of benzene rings is 3. The van der Waals surface area contributed by atoms with Crippen LogP contribution in [0.4, 0.5) is 5.69 Å². The first kappa shape index (κ1) is 28.9. The predicted octanol–water partition coefficient (Wildman–Crippen LogP) is 4.24. The van der Waals surface area contributed by atoms with Crippen LogP contribution in [0.25, 0.3) is 0 Å². The standard InChI is InChI=1S/C30H37N3O4S/c1-5-18-31-30(35)28(20-25-12-8-6-9-13-25)32(21-26-14-10-7-11-15-26)29(34)22-33(38(4,36)37)27-19-23(2)16-17-24(27)3/h6-17,19,28H,5,18,20-22H2,1-4H3,(H,31,35)/t28-/m0/s1. The van der Waals surface area contributed by atoms with Gasteiger partial charge in [0.2, 0.25) is 21.8 Å². The predicted molar refractivity (Wildman–Crippen MR) is 152 cm³/mol. The number of carbonyl (C=O) groups is 2. The van der Waals surface area contributed by atoms with E-state index in [1.165, 1.54) is 4.90 Å². The Morgan fingerprint density at radius 1 is 0.895 bits per heavy atom. The topological polar surface area (TPSA) is 86.8 Å². The fourth-order valence-corrected chi connectivity index (χ4v) is 5.18. The van der Waals surface area contributed by atoms with Gasteiger partial charge in [-0.05, 0) is 48.6 Å². The van der Waals surface area contributed by atoms with Crippen LogP contribution in [-0.4, -0.2) is 50.5 Å². The van der Waals surface area contributed by atoms with Gasteiger partial charge in [-0.25, -0.2) is 8.42 Å². The summed E-state index contributed by atoms with van der Waals surface area (Å²) in [5.41, 5.74) is 3.83. The van der Waals surface area contributed by atoms with Gasteiger partial charge in [-0.15, -0.1) is 0 Å². The second kappa shape index (κ2) is 13.2. The van der Waals surface area contributed by atoms with E-state index in [-0.39, 0.29) is 12.5 Å². The van der Waals surface area contributed by atoms with E-state index >= 15 is 0 Å². The first-order valence-corrected chi connectivity index (χ1v) is 14.6. The second-order valence-corrected chi connectivity index (χ2v) is 11.5. The van der Waals surface area contributed by atoms with Crippen LogP contribution in [0, 0.1) is 13.8 Å². The van der Waals surface area contributed by atoms with Gasteiger partial charge in [-0.3, -0.25) is 13.9 Å². The van der Waals surface area contributed by atoms with Crippen molar-refractivity contribution in [1.82, 2.24) is 10.2 Å². The van der Waals surface area contributed by atoms with Crippen LogP contribution in [0.3, 0.4) is 0 Å². The molecular weight excluding hydrogens is 498 g/mol. The third kappa shape index (κ3) is 7.92. The Morgan fingerprint density at radius 3 is 2.08 bits per heavy atom. The summed E-state index contributed by atoms with van der Waals surface area (Å²) >= 11 is 0. The number of amides is 2. The molecule has 0 bridgehead atoms. The van der Waals surface area contributed by atoms with Crippen molar-refractivity contribution >= 4 is 27.5 Å². The van der Waals surface area contributed by atoms with Crippen molar-refractivity contribution in [3.05, 3.63) is 101 Å². The average molecular weight is 536 g/mol. The summed E-state index contributed by atoms with van der Waals surface area (Å²) in [5, 5.41) is 2.94. The molecule has 38 heavy (non-hydrogen) atoms. The number of anilines is 1. The van der Waals surface area contributed by atoms with E-state index in [1.807, 2.05) is 93.6 Å². The van der Waals surface area contributed by atoms with Gasteiger partial charge in [-0.1, -0.05) is 79.7 Å². The highest BCUT2D eigenvalue weighted by atomic mass is 32.2. The zero-order chi connectivity index (χ0) is 27.7. The molecule has 8 heteroatoms. The zero-order valence-corrected chi connectivity index (χ0v) is 23.4. The number of hydrogen-bond donors (Lipinski definition) is 1. The Kier molecular flexibility index (Phi) is 10.1. The summed E-state index contributed by atoms with van der Waals surface area (Å²) in [4.78, 5) is 29.0. The maximum absolute atomic E-state index is 14.0. The van der Waals surface area contributed by atoms with E-state index in [4.69, 9.17) is 0 Å². The first-order valence-electron chi connectivity index (χ1n) is 12.8. The fraction of sp³-hybridized carbons (Fsp3) is 0.333. The SMILES string of the molecule is CCCNC(=O)[C@H](Cc1ccccc1)N(Cc1ccccc1)C(=O)CN(c1cc(C)ccc1C)S(C)(=O)=O. The minimum absolute atomic E-state index is 0.168. The molecule has 0 aliphatic carbocycles. The van der Waals surface area contributed by atoms with E-state index in [9.17, 15) is 18.0 Å². The zero-order valence-electron chi connectivity index (χ0n) is 22.6. The van der Waals surface area contributed by atoms with Crippen LogP contribution in [-0.2, 0) is 32.6 Å². The second-order valence-electron chi connectivity index (χ2n) is 9.56. The number of aryl methyl sites for hydroxylation is 2. The highest BCUT2D eigenvalue weighted by Gasteiger charge is 2.33. The normalized spacial score (nSPS) is 12.0. The number of nitrogens with one attached hydrogen (secondary N) is 1. The Morgan fingerprint density at radius 2 is 1.50 bits per heavy atom. The van der Waals surface area contributed by atoms with Crippen molar-refractivity contribution in [3.8, 4) is 0 Å². The molecule has 2 amide bonds. The fourth-order valence-electron chi connectivity index (χ4n) is 4.28. The van der Waals surface area contributed by atoms with Crippen molar-refractivity contribution in [3.63, 3.8) is 0 Å². The summed E-state index contributed by atoms with van der Waals surface area (Å²) in [5.74, 6) is -0.717. The Balaban J connectivity index is 2.04. The van der Waals surface area contributed by atoms with Gasteiger partial charge in [0.05, 0.1) is 11.9 Å². The van der Waals surface area contributed by atoms with Gasteiger partial charge in [0.1, 0.15) is 12.6 Å². The summed E-state index contributed by atoms with van der Waals surface area (Å²) in [6, 6.07) is 23.6. The number of rotatable bonds is 12. The summed E-state index contributed by atoms with van der Waals surface area (Å²) < 4.78 is 27.0. The number of sulfonamides is 1. The van der Waals surface area contributed by atoms with Gasteiger partial charge in [0.15, 0.2) is 0 Å². The van der Waals surface area contributed by atoms with Crippen LogP contribution >= 0.6 is 0 Å². The minimum Gasteiger partial charge on any atom is -0.354 e. The monoisotopic (exact) mass is 535 g/mol. The maximum atomic E-state index is 14.0. The Bertz CT molecular complexity index is 1330. The summed E-state index contributed by atoms with van der Waals surface area (Å²) in [6.45, 7) is 5.89. The van der Waals surface area contributed by atoms with Crippen molar-refractivity contribution in [2.24, 2.45) is 0 Å². The molecule has 0 fully saturated rings. The van der Waals surface area contributed by atoms with Crippen LogP contribution in [0.1, 0.15) is 35.6 Å². The molecule has 3 aromatic carbocycles. The van der Waals surface area contributed by atoms with Crippen molar-refractivity contribution in [2.45, 2.75) is 46.2 Å². The summed E-state index contributed by atoms with van der Waals surface area (Å²) in [7, 11) is -3.79. The number of nitrogens with zero attached hydrogens (tertiary/aromatic N) is 2. The van der Waals surface area contributed by atoms with Gasteiger partial charge in [0.25, 0.3) is 0 Å². The van der Waals surface area contributed by atoms with Gasteiger partial charge in [0, 0.05) is 19.5 Å². The molecule has 0 aliphatic heterocycles. The lowest BCUT2D eigenvalue weighted by molar-refractivity contribution is -0.140. The molecular formula is C30H37N3O4S. The van der Waals surface area contributed by atoms with Crippen molar-refractivity contribution in [2.75, 3.05) is 23.7 Å². The molecule has 0 spiro atoms. The molecule has 3 aromatic rings. The van der Waals surface area contributed by atoms with Gasteiger partial charge in [-0.2, -0.15) is 0 Å². The molecule has 0 unspecified atom stereocenters.